The number of nitrogens with zero attached hydrogens (tertiary/aromatic N) is 2. The molecular formula is C5H10N3O4S-. The highest BCUT2D eigenvalue weighted by molar-refractivity contribution is 7.86. The van der Waals surface area contributed by atoms with E-state index in [0.717, 1.165) is 9.21 Å². The highest BCUT2D eigenvalue weighted by Crippen LogP contribution is 2.03. The molecule has 1 aliphatic heterocycles. The van der Waals surface area contributed by atoms with Crippen molar-refractivity contribution in [1.29, 1.82) is 0 Å². The Morgan fingerprint density at radius 1 is 1.23 bits per heavy atom. The van der Waals surface area contributed by atoms with Crippen LogP contribution >= 0.6 is 0 Å². The third kappa shape index (κ3) is 2.54. The van der Waals surface area contributed by atoms with Crippen molar-refractivity contribution in [2.45, 2.75) is 0 Å². The summed E-state index contributed by atoms with van der Waals surface area (Å²) in [6, 6.07) is 0. The van der Waals surface area contributed by atoms with Crippen LogP contribution in [0.4, 0.5) is 4.79 Å². The number of hydrogen-bond acceptors (Lipinski definition) is 4. The topological polar surface area (TPSA) is 107 Å². The van der Waals surface area contributed by atoms with Gasteiger partial charge in [-0.05, 0) is 0 Å². The van der Waals surface area contributed by atoms with Gasteiger partial charge in [-0.3, -0.25) is 0 Å². The van der Waals surface area contributed by atoms with Crippen molar-refractivity contribution in [2.24, 2.45) is 5.14 Å². The predicted octanol–water partition coefficient (Wildman–Crippen LogP) is -2.85. The molecule has 1 heterocycles. The summed E-state index contributed by atoms with van der Waals surface area (Å²) in [4.78, 5) is 11.4. The summed E-state index contributed by atoms with van der Waals surface area (Å²) < 4.78 is 22.6. The molecule has 1 rings (SSSR count). The lowest BCUT2D eigenvalue weighted by atomic mass is 10.4. The molecule has 7 nitrogen and oxygen atoms in total. The lowest BCUT2D eigenvalue weighted by Crippen LogP contribution is -2.55. The van der Waals surface area contributed by atoms with Crippen LogP contribution in [0.25, 0.3) is 0 Å². The first kappa shape index (κ1) is 10.2. The van der Waals surface area contributed by atoms with Gasteiger partial charge < -0.3 is 14.8 Å². The van der Waals surface area contributed by atoms with E-state index in [4.69, 9.17) is 5.14 Å². The van der Waals surface area contributed by atoms with Gasteiger partial charge in [0.25, 0.3) is 10.2 Å². The third-order valence-electron chi connectivity index (χ3n) is 1.86. The zero-order valence-corrected chi connectivity index (χ0v) is 7.66. The van der Waals surface area contributed by atoms with E-state index in [1.807, 2.05) is 0 Å². The minimum atomic E-state index is -3.68. The molecule has 0 atom stereocenters. The molecule has 0 aliphatic carbocycles. The zero-order chi connectivity index (χ0) is 10.1. The Bertz CT molecular complexity index is 293. The Kier molecular flexibility index (Phi) is 2.74. The van der Waals surface area contributed by atoms with E-state index in [1.165, 1.54) is 0 Å². The van der Waals surface area contributed by atoms with Crippen molar-refractivity contribution in [3.63, 3.8) is 0 Å². The number of piperazine rings is 1. The first-order chi connectivity index (χ1) is 5.91. The van der Waals surface area contributed by atoms with Crippen LogP contribution < -0.4 is 10.2 Å². The fourth-order valence-electron chi connectivity index (χ4n) is 1.13. The molecule has 8 heteroatoms. The van der Waals surface area contributed by atoms with E-state index < -0.39 is 16.3 Å². The molecule has 1 fully saturated rings. The highest BCUT2D eigenvalue weighted by Gasteiger charge is 2.23. The number of carboxylic acid groups (broad SMARTS) is 1. The van der Waals surface area contributed by atoms with Crippen LogP contribution in [-0.2, 0) is 10.2 Å². The second kappa shape index (κ2) is 3.48. The van der Waals surface area contributed by atoms with Crippen LogP contribution in [0.3, 0.4) is 0 Å². The fraction of sp³-hybridized carbons (Fsp3) is 0.800. The summed E-state index contributed by atoms with van der Waals surface area (Å²) in [5, 5.41) is 15.2. The van der Waals surface area contributed by atoms with E-state index >= 15 is 0 Å². The fourth-order valence-corrected chi connectivity index (χ4v) is 1.80. The van der Waals surface area contributed by atoms with Crippen molar-refractivity contribution in [3.8, 4) is 0 Å². The quantitative estimate of drug-likeness (QED) is 0.500. The SMILES string of the molecule is NS(=O)(=O)N1CCN(C(=O)[O-])CC1. The molecule has 76 valence electrons. The van der Waals surface area contributed by atoms with Crippen LogP contribution in [0.5, 0.6) is 0 Å². The number of hydrogen-bond donors (Lipinski definition) is 1. The Balaban J connectivity index is 2.53. The molecule has 0 unspecified atom stereocenters. The molecule has 0 spiro atoms. The van der Waals surface area contributed by atoms with Gasteiger partial charge in [-0.25, -0.2) is 5.14 Å². The zero-order valence-electron chi connectivity index (χ0n) is 6.84. The Labute approximate surface area is 75.9 Å². The van der Waals surface area contributed by atoms with Crippen molar-refractivity contribution in [3.05, 3.63) is 0 Å². The third-order valence-corrected chi connectivity index (χ3v) is 2.94. The van der Waals surface area contributed by atoms with Crippen molar-refractivity contribution < 1.29 is 18.3 Å². The van der Waals surface area contributed by atoms with E-state index in [2.05, 4.69) is 0 Å². The maximum Gasteiger partial charge on any atom is 0.277 e. The monoisotopic (exact) mass is 208 g/mol. The molecule has 1 saturated heterocycles. The smallest absolute Gasteiger partial charge is 0.277 e. The van der Waals surface area contributed by atoms with E-state index in [0.29, 0.717) is 0 Å². The van der Waals surface area contributed by atoms with Crippen molar-refractivity contribution >= 4 is 16.3 Å². The lowest BCUT2D eigenvalue weighted by Gasteiger charge is -2.34. The summed E-state index contributed by atoms with van der Waals surface area (Å²) in [6.07, 6.45) is -1.28. The summed E-state index contributed by atoms with van der Waals surface area (Å²) >= 11 is 0. The van der Waals surface area contributed by atoms with Gasteiger partial charge in [0.2, 0.25) is 0 Å². The van der Waals surface area contributed by atoms with Crippen LogP contribution in [-0.4, -0.2) is 49.9 Å². The van der Waals surface area contributed by atoms with E-state index in [-0.39, 0.29) is 26.2 Å². The molecule has 13 heavy (non-hydrogen) atoms. The molecule has 0 aromatic rings. The Hall–Kier alpha value is -0.860. The maximum absolute atomic E-state index is 10.8. The van der Waals surface area contributed by atoms with Gasteiger partial charge in [0.15, 0.2) is 0 Å². The molecule has 1 aliphatic rings. The average molecular weight is 208 g/mol. The van der Waals surface area contributed by atoms with Gasteiger partial charge >= 0.3 is 0 Å². The minimum absolute atomic E-state index is 0.0901. The molecule has 2 N–H and O–H groups in total. The van der Waals surface area contributed by atoms with Gasteiger partial charge in [0.05, 0.1) is 0 Å². The largest absolute Gasteiger partial charge is 0.530 e. The number of amides is 1. The van der Waals surface area contributed by atoms with Gasteiger partial charge in [0.1, 0.15) is 6.09 Å². The number of carbonyl (C=O) groups excluding carboxylic acids is 1. The molecule has 0 radical (unpaired) electrons. The molecule has 0 aromatic heterocycles. The van der Waals surface area contributed by atoms with Crippen molar-refractivity contribution in [1.82, 2.24) is 9.21 Å². The van der Waals surface area contributed by atoms with Crippen LogP contribution in [0, 0.1) is 0 Å². The van der Waals surface area contributed by atoms with Crippen molar-refractivity contribution in [2.75, 3.05) is 26.2 Å². The molecule has 0 bridgehead atoms. The average Bonchev–Trinajstić information content (AvgIpc) is 2.03. The summed E-state index contributed by atoms with van der Waals surface area (Å²) in [5.41, 5.74) is 0. The molecule has 0 saturated carbocycles. The van der Waals surface area contributed by atoms with E-state index in [1.54, 1.807) is 0 Å². The van der Waals surface area contributed by atoms with E-state index in [9.17, 15) is 18.3 Å². The Morgan fingerprint density at radius 3 is 2.00 bits per heavy atom. The second-order valence-electron chi connectivity index (χ2n) is 2.70. The van der Waals surface area contributed by atoms with Gasteiger partial charge in [0, 0.05) is 26.2 Å². The summed E-state index contributed by atoms with van der Waals surface area (Å²) in [6.45, 7) is 0.400. The summed E-state index contributed by atoms with van der Waals surface area (Å²) in [7, 11) is -3.68. The highest BCUT2D eigenvalue weighted by atomic mass is 32.2. The van der Waals surface area contributed by atoms with Gasteiger partial charge in [-0.2, -0.15) is 12.7 Å². The normalized spacial score (nSPS) is 20.2. The Morgan fingerprint density at radius 2 is 1.69 bits per heavy atom. The predicted molar refractivity (Wildman–Crippen MR) is 41.6 cm³/mol. The van der Waals surface area contributed by atoms with Gasteiger partial charge in [-0.1, -0.05) is 0 Å². The maximum atomic E-state index is 10.8. The molecule has 1 amide bonds. The first-order valence-corrected chi connectivity index (χ1v) is 5.15. The number of rotatable bonds is 1. The first-order valence-electron chi connectivity index (χ1n) is 3.65. The number of carbonyl (C=O) groups is 1. The second-order valence-corrected chi connectivity index (χ2v) is 4.24. The standard InChI is InChI=1S/C5H11N3O4S/c6-13(11,12)8-3-1-7(2-4-8)5(9)10/h1-4H2,(H,9,10)(H2,6,11,12)/p-1. The molecular weight excluding hydrogens is 198 g/mol. The molecule has 0 aromatic carbocycles. The van der Waals surface area contributed by atoms with Gasteiger partial charge in [-0.15, -0.1) is 0 Å². The van der Waals surface area contributed by atoms with Crippen LogP contribution in [0.15, 0.2) is 0 Å². The number of nitrogens with two attached hydrogens (primary N) is 1. The lowest BCUT2D eigenvalue weighted by molar-refractivity contribution is -0.266. The minimum Gasteiger partial charge on any atom is -0.530 e. The summed E-state index contributed by atoms with van der Waals surface area (Å²) in [5.74, 6) is 0. The van der Waals surface area contributed by atoms with Crippen LogP contribution in [0.2, 0.25) is 0 Å². The van der Waals surface area contributed by atoms with Crippen LogP contribution in [0.1, 0.15) is 0 Å².